The molecule has 0 unspecified atom stereocenters. The second-order valence-corrected chi connectivity index (χ2v) is 5.15. The van der Waals surface area contributed by atoms with E-state index in [4.69, 9.17) is 4.74 Å². The molecule has 6 nitrogen and oxygen atoms in total. The van der Waals surface area contributed by atoms with E-state index in [-0.39, 0.29) is 23.4 Å². The van der Waals surface area contributed by atoms with Crippen LogP contribution in [0.25, 0.3) is 0 Å². The molecule has 0 radical (unpaired) electrons. The molecule has 0 bridgehead atoms. The van der Waals surface area contributed by atoms with Crippen LogP contribution in [0.1, 0.15) is 29.8 Å². The Bertz CT molecular complexity index is 543. The molecule has 7 heteroatoms. The Morgan fingerprint density at radius 3 is 2.60 bits per heavy atom. The van der Waals surface area contributed by atoms with E-state index >= 15 is 0 Å². The predicted molar refractivity (Wildman–Crippen MR) is 71.2 cm³/mol. The SMILES string of the molecule is COCC(C)(C)NC(=O)c1cc([N+](=O)[O-])cc(C)c1F. The number of amides is 1. The van der Waals surface area contributed by atoms with E-state index in [1.807, 2.05) is 0 Å². The topological polar surface area (TPSA) is 81.5 Å². The summed E-state index contributed by atoms with van der Waals surface area (Å²) in [5.74, 6) is -1.47. The molecule has 1 aromatic carbocycles. The highest BCUT2D eigenvalue weighted by Crippen LogP contribution is 2.21. The third-order valence-corrected chi connectivity index (χ3v) is 2.65. The second-order valence-electron chi connectivity index (χ2n) is 5.15. The molecule has 0 atom stereocenters. The zero-order chi connectivity index (χ0) is 15.5. The summed E-state index contributed by atoms with van der Waals surface area (Å²) in [5.41, 5.74) is -1.33. The summed E-state index contributed by atoms with van der Waals surface area (Å²) >= 11 is 0. The Morgan fingerprint density at radius 2 is 2.10 bits per heavy atom. The number of nitrogens with zero attached hydrogens (tertiary/aromatic N) is 1. The normalized spacial score (nSPS) is 11.2. The zero-order valence-electron chi connectivity index (χ0n) is 11.8. The number of hydrogen-bond donors (Lipinski definition) is 1. The molecular formula is C13H17FN2O4. The van der Waals surface area contributed by atoms with E-state index in [0.29, 0.717) is 0 Å². The minimum atomic E-state index is -0.763. The Balaban J connectivity index is 3.12. The first-order valence-electron chi connectivity index (χ1n) is 5.94. The van der Waals surface area contributed by atoms with Crippen molar-refractivity contribution in [3.8, 4) is 0 Å². The average molecular weight is 284 g/mol. The van der Waals surface area contributed by atoms with Crippen LogP contribution in [-0.2, 0) is 4.74 Å². The first kappa shape index (κ1) is 16.0. The van der Waals surface area contributed by atoms with Crippen molar-refractivity contribution in [3.63, 3.8) is 0 Å². The van der Waals surface area contributed by atoms with Crippen molar-refractivity contribution < 1.29 is 18.8 Å². The van der Waals surface area contributed by atoms with Gasteiger partial charge in [0.2, 0.25) is 0 Å². The van der Waals surface area contributed by atoms with Gasteiger partial charge in [-0.25, -0.2) is 4.39 Å². The third-order valence-electron chi connectivity index (χ3n) is 2.65. The van der Waals surface area contributed by atoms with Crippen LogP contribution >= 0.6 is 0 Å². The maximum atomic E-state index is 13.9. The average Bonchev–Trinajstić information content (AvgIpc) is 2.31. The van der Waals surface area contributed by atoms with Crippen LogP contribution < -0.4 is 5.32 Å². The second kappa shape index (κ2) is 5.96. The number of methoxy groups -OCH3 is 1. The number of ether oxygens (including phenoxy) is 1. The van der Waals surface area contributed by atoms with Crippen molar-refractivity contribution in [2.45, 2.75) is 26.3 Å². The van der Waals surface area contributed by atoms with Crippen molar-refractivity contribution in [2.24, 2.45) is 0 Å². The van der Waals surface area contributed by atoms with Crippen LogP contribution in [0.15, 0.2) is 12.1 Å². The fraction of sp³-hybridized carbons (Fsp3) is 0.462. The maximum Gasteiger partial charge on any atom is 0.270 e. The fourth-order valence-corrected chi connectivity index (χ4v) is 1.79. The highest BCUT2D eigenvalue weighted by Gasteiger charge is 2.25. The molecule has 1 rings (SSSR count). The number of benzene rings is 1. The van der Waals surface area contributed by atoms with E-state index in [2.05, 4.69) is 5.32 Å². The maximum absolute atomic E-state index is 13.9. The Morgan fingerprint density at radius 1 is 1.50 bits per heavy atom. The Hall–Kier alpha value is -2.02. The molecule has 0 saturated heterocycles. The van der Waals surface area contributed by atoms with Crippen LogP contribution in [0, 0.1) is 22.9 Å². The number of carbonyl (C=O) groups excluding carboxylic acids is 1. The third kappa shape index (κ3) is 3.74. The Kier molecular flexibility index (Phi) is 4.78. The van der Waals surface area contributed by atoms with Gasteiger partial charge in [-0.1, -0.05) is 0 Å². The number of nitro groups is 1. The lowest BCUT2D eigenvalue weighted by atomic mass is 10.0. The van der Waals surface area contributed by atoms with Gasteiger partial charge in [0, 0.05) is 19.2 Å². The molecule has 0 aliphatic carbocycles. The zero-order valence-corrected chi connectivity index (χ0v) is 11.8. The smallest absolute Gasteiger partial charge is 0.270 e. The molecule has 0 heterocycles. The first-order valence-corrected chi connectivity index (χ1v) is 5.94. The molecule has 0 fully saturated rings. The monoisotopic (exact) mass is 284 g/mol. The van der Waals surface area contributed by atoms with Crippen LogP contribution in [0.3, 0.4) is 0 Å². The lowest BCUT2D eigenvalue weighted by molar-refractivity contribution is -0.385. The molecule has 1 amide bonds. The number of carbonyl (C=O) groups is 1. The molecule has 110 valence electrons. The van der Waals surface area contributed by atoms with Crippen molar-refractivity contribution in [1.29, 1.82) is 0 Å². The number of hydrogen-bond acceptors (Lipinski definition) is 4. The number of nitro benzene ring substituents is 1. The van der Waals surface area contributed by atoms with Crippen molar-refractivity contribution in [3.05, 3.63) is 39.2 Å². The largest absolute Gasteiger partial charge is 0.382 e. The van der Waals surface area contributed by atoms with Crippen molar-refractivity contribution >= 4 is 11.6 Å². The molecule has 0 spiro atoms. The molecule has 20 heavy (non-hydrogen) atoms. The van der Waals surface area contributed by atoms with Gasteiger partial charge in [-0.2, -0.15) is 0 Å². The van der Waals surface area contributed by atoms with Crippen LogP contribution in [0.2, 0.25) is 0 Å². The summed E-state index contributed by atoms with van der Waals surface area (Å²) < 4.78 is 18.9. The number of aryl methyl sites for hydroxylation is 1. The molecule has 0 saturated carbocycles. The van der Waals surface area contributed by atoms with Gasteiger partial charge >= 0.3 is 0 Å². The number of non-ortho nitro benzene ring substituents is 1. The summed E-state index contributed by atoms with van der Waals surface area (Å²) in [6.45, 7) is 5.01. The van der Waals surface area contributed by atoms with Gasteiger partial charge in [-0.05, 0) is 26.3 Å². The van der Waals surface area contributed by atoms with Crippen molar-refractivity contribution in [1.82, 2.24) is 5.32 Å². The standard InChI is InChI=1S/C13H17FN2O4/c1-8-5-9(16(18)19)6-10(11(8)14)12(17)15-13(2,3)7-20-4/h5-6H,7H2,1-4H3,(H,15,17). The van der Waals surface area contributed by atoms with Gasteiger partial charge in [0.25, 0.3) is 11.6 Å². The van der Waals surface area contributed by atoms with Gasteiger partial charge in [-0.15, -0.1) is 0 Å². The minimum Gasteiger partial charge on any atom is -0.382 e. The molecular weight excluding hydrogens is 267 g/mol. The molecule has 0 aliphatic heterocycles. The van der Waals surface area contributed by atoms with Gasteiger partial charge in [0.1, 0.15) is 5.82 Å². The fourth-order valence-electron chi connectivity index (χ4n) is 1.79. The molecule has 1 aromatic rings. The van der Waals surface area contributed by atoms with Gasteiger partial charge < -0.3 is 10.1 Å². The highest BCUT2D eigenvalue weighted by molar-refractivity contribution is 5.95. The van der Waals surface area contributed by atoms with E-state index in [1.54, 1.807) is 13.8 Å². The van der Waals surface area contributed by atoms with E-state index in [1.165, 1.54) is 14.0 Å². The lowest BCUT2D eigenvalue weighted by Crippen LogP contribution is -2.47. The van der Waals surface area contributed by atoms with Crippen molar-refractivity contribution in [2.75, 3.05) is 13.7 Å². The Labute approximate surface area is 116 Å². The summed E-state index contributed by atoms with van der Waals surface area (Å²) in [4.78, 5) is 22.1. The molecule has 0 aromatic heterocycles. The predicted octanol–water partition coefficient (Wildman–Crippen LogP) is 2.20. The van der Waals surface area contributed by atoms with E-state index in [9.17, 15) is 19.3 Å². The van der Waals surface area contributed by atoms with Crippen LogP contribution in [0.4, 0.5) is 10.1 Å². The van der Waals surface area contributed by atoms with E-state index < -0.39 is 22.2 Å². The summed E-state index contributed by atoms with van der Waals surface area (Å²) in [7, 11) is 1.48. The van der Waals surface area contributed by atoms with Gasteiger partial charge in [0.05, 0.1) is 22.6 Å². The summed E-state index contributed by atoms with van der Waals surface area (Å²) in [6, 6.07) is 2.02. The summed E-state index contributed by atoms with van der Waals surface area (Å²) in [6.07, 6.45) is 0. The summed E-state index contributed by atoms with van der Waals surface area (Å²) in [5, 5.41) is 13.3. The number of rotatable bonds is 5. The molecule has 0 aliphatic rings. The van der Waals surface area contributed by atoms with Crippen LogP contribution in [-0.4, -0.2) is 30.1 Å². The van der Waals surface area contributed by atoms with Crippen LogP contribution in [0.5, 0.6) is 0 Å². The molecule has 1 N–H and O–H groups in total. The lowest BCUT2D eigenvalue weighted by Gasteiger charge is -2.25. The van der Waals surface area contributed by atoms with E-state index in [0.717, 1.165) is 12.1 Å². The minimum absolute atomic E-state index is 0.0499. The first-order chi connectivity index (χ1) is 9.18. The quantitative estimate of drug-likeness (QED) is 0.663. The van der Waals surface area contributed by atoms with Gasteiger partial charge in [0.15, 0.2) is 0 Å². The highest BCUT2D eigenvalue weighted by atomic mass is 19.1. The number of halogens is 1. The number of nitrogens with one attached hydrogen (secondary N) is 1. The van der Waals surface area contributed by atoms with Gasteiger partial charge in [-0.3, -0.25) is 14.9 Å².